The van der Waals surface area contributed by atoms with Crippen LogP contribution in [0.25, 0.3) is 0 Å². The Balaban J connectivity index is 2.00. The smallest absolute Gasteiger partial charge is 0.242 e. The maximum Gasteiger partial charge on any atom is 0.242 e. The van der Waals surface area contributed by atoms with Crippen molar-refractivity contribution in [2.45, 2.75) is 38.1 Å². The molecule has 2 aliphatic rings. The van der Waals surface area contributed by atoms with Crippen LogP contribution in [-0.4, -0.2) is 29.4 Å². The quantitative estimate of drug-likeness (QED) is 0.612. The maximum atomic E-state index is 12.1. The summed E-state index contributed by atoms with van der Waals surface area (Å²) >= 11 is 4.97. The molecule has 17 heavy (non-hydrogen) atoms. The lowest BCUT2D eigenvalue weighted by Crippen LogP contribution is -2.58. The lowest BCUT2D eigenvalue weighted by molar-refractivity contribution is -0.136. The fraction of sp³-hybridized carbons (Fsp3) is 0.727. The summed E-state index contributed by atoms with van der Waals surface area (Å²) in [5, 5.41) is 5.51. The molecule has 0 bridgehead atoms. The molecular weight excluding hydrogens is 238 g/mol. The van der Waals surface area contributed by atoms with Gasteiger partial charge in [0.05, 0.1) is 10.4 Å². The number of amides is 2. The van der Waals surface area contributed by atoms with E-state index in [4.69, 9.17) is 18.0 Å². The molecule has 1 saturated heterocycles. The summed E-state index contributed by atoms with van der Waals surface area (Å²) < 4.78 is 0. The minimum atomic E-state index is -0.701. The van der Waals surface area contributed by atoms with Crippen LogP contribution in [0.1, 0.15) is 32.1 Å². The number of hydrogen-bond donors (Lipinski definition) is 3. The van der Waals surface area contributed by atoms with E-state index in [0.717, 1.165) is 12.8 Å². The van der Waals surface area contributed by atoms with Crippen LogP contribution in [0.15, 0.2) is 0 Å². The van der Waals surface area contributed by atoms with Gasteiger partial charge in [-0.25, -0.2) is 0 Å². The zero-order valence-corrected chi connectivity index (χ0v) is 10.4. The van der Waals surface area contributed by atoms with E-state index < -0.39 is 11.5 Å². The van der Waals surface area contributed by atoms with Crippen molar-refractivity contribution in [3.63, 3.8) is 0 Å². The molecule has 1 atom stereocenters. The molecule has 0 aromatic rings. The van der Waals surface area contributed by atoms with Crippen molar-refractivity contribution in [2.24, 2.45) is 11.1 Å². The van der Waals surface area contributed by atoms with E-state index in [1.165, 1.54) is 0 Å². The molecule has 2 fully saturated rings. The summed E-state index contributed by atoms with van der Waals surface area (Å²) in [6.45, 7) is 0.686. The van der Waals surface area contributed by atoms with Gasteiger partial charge in [0.25, 0.3) is 0 Å². The van der Waals surface area contributed by atoms with Crippen molar-refractivity contribution >= 4 is 29.0 Å². The third-order valence-electron chi connectivity index (χ3n) is 3.70. The fourth-order valence-corrected chi connectivity index (χ4v) is 2.62. The minimum absolute atomic E-state index is 0.109. The molecule has 0 spiro atoms. The van der Waals surface area contributed by atoms with Gasteiger partial charge in [-0.15, -0.1) is 0 Å². The van der Waals surface area contributed by atoms with Crippen molar-refractivity contribution in [1.82, 2.24) is 10.6 Å². The first-order chi connectivity index (χ1) is 8.06. The Morgan fingerprint density at radius 1 is 1.47 bits per heavy atom. The van der Waals surface area contributed by atoms with E-state index in [2.05, 4.69) is 10.6 Å². The number of carbonyl (C=O) groups is 2. The summed E-state index contributed by atoms with van der Waals surface area (Å²) in [6, 6.07) is -0.428. The van der Waals surface area contributed by atoms with Crippen LogP contribution >= 0.6 is 12.2 Å². The molecule has 5 nitrogen and oxygen atoms in total. The summed E-state index contributed by atoms with van der Waals surface area (Å²) in [5.74, 6) is -0.291. The van der Waals surface area contributed by atoms with Gasteiger partial charge in [-0.3, -0.25) is 9.59 Å². The molecular formula is C11H17N3O2S. The molecule has 1 aliphatic carbocycles. The Morgan fingerprint density at radius 2 is 2.18 bits per heavy atom. The SMILES string of the molecule is NC(=S)C1(C(=O)NC2CCCNC2=O)CCC1. The van der Waals surface area contributed by atoms with E-state index in [0.29, 0.717) is 25.8 Å². The van der Waals surface area contributed by atoms with Gasteiger partial charge >= 0.3 is 0 Å². The monoisotopic (exact) mass is 255 g/mol. The second-order valence-electron chi connectivity index (χ2n) is 4.76. The predicted molar refractivity (Wildman–Crippen MR) is 67.2 cm³/mol. The lowest BCUT2D eigenvalue weighted by Gasteiger charge is -2.40. The molecule has 0 aromatic heterocycles. The molecule has 4 N–H and O–H groups in total. The first-order valence-corrected chi connectivity index (χ1v) is 6.36. The molecule has 1 unspecified atom stereocenters. The van der Waals surface area contributed by atoms with Crippen LogP contribution in [0, 0.1) is 5.41 Å². The van der Waals surface area contributed by atoms with Gasteiger partial charge in [0.1, 0.15) is 6.04 Å². The highest BCUT2D eigenvalue weighted by Crippen LogP contribution is 2.41. The molecule has 1 heterocycles. The van der Waals surface area contributed by atoms with Gasteiger partial charge in [-0.1, -0.05) is 18.6 Å². The van der Waals surface area contributed by atoms with E-state index in [-0.39, 0.29) is 16.8 Å². The largest absolute Gasteiger partial charge is 0.392 e. The molecule has 6 heteroatoms. The zero-order chi connectivity index (χ0) is 12.5. The minimum Gasteiger partial charge on any atom is -0.392 e. The molecule has 1 saturated carbocycles. The number of rotatable bonds is 3. The summed E-state index contributed by atoms with van der Waals surface area (Å²) in [5.41, 5.74) is 4.94. The van der Waals surface area contributed by atoms with Crippen molar-refractivity contribution in [2.75, 3.05) is 6.54 Å². The van der Waals surface area contributed by atoms with Gasteiger partial charge in [-0.05, 0) is 25.7 Å². The Labute approximate surface area is 105 Å². The Bertz CT molecular complexity index is 366. The first-order valence-electron chi connectivity index (χ1n) is 5.95. The normalized spacial score (nSPS) is 26.6. The van der Waals surface area contributed by atoms with Crippen LogP contribution in [0.5, 0.6) is 0 Å². The number of nitrogens with one attached hydrogen (secondary N) is 2. The molecule has 1 aliphatic heterocycles. The van der Waals surface area contributed by atoms with Crippen LogP contribution in [0.3, 0.4) is 0 Å². The lowest BCUT2D eigenvalue weighted by atomic mass is 9.68. The number of carbonyl (C=O) groups excluding carboxylic acids is 2. The van der Waals surface area contributed by atoms with Gasteiger partial charge < -0.3 is 16.4 Å². The summed E-state index contributed by atoms with van der Waals surface area (Å²) in [6.07, 6.45) is 3.92. The fourth-order valence-electron chi connectivity index (χ4n) is 2.32. The first kappa shape index (κ1) is 12.3. The van der Waals surface area contributed by atoms with E-state index in [1.807, 2.05) is 0 Å². The molecule has 0 radical (unpaired) electrons. The average Bonchev–Trinajstić information content (AvgIpc) is 2.19. The maximum absolute atomic E-state index is 12.1. The van der Waals surface area contributed by atoms with Crippen molar-refractivity contribution in [3.05, 3.63) is 0 Å². The van der Waals surface area contributed by atoms with Crippen LogP contribution < -0.4 is 16.4 Å². The molecule has 94 valence electrons. The molecule has 0 aromatic carbocycles. The van der Waals surface area contributed by atoms with Crippen molar-refractivity contribution in [1.29, 1.82) is 0 Å². The third kappa shape index (κ3) is 2.13. The topological polar surface area (TPSA) is 84.2 Å². The van der Waals surface area contributed by atoms with E-state index in [1.54, 1.807) is 0 Å². The van der Waals surface area contributed by atoms with E-state index in [9.17, 15) is 9.59 Å². The van der Waals surface area contributed by atoms with Crippen molar-refractivity contribution < 1.29 is 9.59 Å². The molecule has 2 rings (SSSR count). The van der Waals surface area contributed by atoms with E-state index >= 15 is 0 Å². The van der Waals surface area contributed by atoms with Crippen LogP contribution in [0.4, 0.5) is 0 Å². The second kappa shape index (κ2) is 4.60. The Hall–Kier alpha value is -1.17. The number of hydrogen-bond acceptors (Lipinski definition) is 3. The van der Waals surface area contributed by atoms with Gasteiger partial charge in [0, 0.05) is 6.54 Å². The standard InChI is InChI=1S/C11H17N3O2S/c12-9(17)11(4-2-5-11)10(16)14-7-3-1-6-13-8(7)15/h7H,1-6H2,(H2,12,17)(H,13,15)(H,14,16). The number of thiocarbonyl (C=S) groups is 1. The highest BCUT2D eigenvalue weighted by molar-refractivity contribution is 7.80. The third-order valence-corrected chi connectivity index (χ3v) is 4.09. The highest BCUT2D eigenvalue weighted by atomic mass is 32.1. The molecule has 2 amide bonds. The second-order valence-corrected chi connectivity index (χ2v) is 5.20. The van der Waals surface area contributed by atoms with Gasteiger partial charge in [0.2, 0.25) is 11.8 Å². The summed E-state index contributed by atoms with van der Waals surface area (Å²) in [4.78, 5) is 23.9. The van der Waals surface area contributed by atoms with Gasteiger partial charge in [0.15, 0.2) is 0 Å². The Kier molecular flexibility index (Phi) is 3.33. The average molecular weight is 255 g/mol. The number of nitrogens with two attached hydrogens (primary N) is 1. The van der Waals surface area contributed by atoms with Crippen molar-refractivity contribution in [3.8, 4) is 0 Å². The zero-order valence-electron chi connectivity index (χ0n) is 9.62. The van der Waals surface area contributed by atoms with Gasteiger partial charge in [-0.2, -0.15) is 0 Å². The Morgan fingerprint density at radius 3 is 2.65 bits per heavy atom. The number of piperidine rings is 1. The highest BCUT2D eigenvalue weighted by Gasteiger charge is 2.47. The van der Waals surface area contributed by atoms with Crippen LogP contribution in [-0.2, 0) is 9.59 Å². The summed E-state index contributed by atoms with van der Waals surface area (Å²) in [7, 11) is 0. The predicted octanol–water partition coefficient (Wildman–Crippen LogP) is -0.162. The van der Waals surface area contributed by atoms with Crippen LogP contribution in [0.2, 0.25) is 0 Å².